The van der Waals surface area contributed by atoms with Crippen LogP contribution in [0.25, 0.3) is 6.08 Å². The molecule has 2 aliphatic heterocycles. The summed E-state index contributed by atoms with van der Waals surface area (Å²) in [6, 6.07) is 18.3. The number of anilines is 1. The summed E-state index contributed by atoms with van der Waals surface area (Å²) < 4.78 is 0. The molecule has 2 heterocycles. The third-order valence-electron chi connectivity index (χ3n) is 8.00. The molecule has 1 spiro atoms. The Morgan fingerprint density at radius 3 is 2.05 bits per heavy atom. The molecule has 1 aliphatic carbocycles. The van der Waals surface area contributed by atoms with Crippen molar-refractivity contribution in [1.82, 2.24) is 0 Å². The van der Waals surface area contributed by atoms with Crippen molar-refractivity contribution >= 4 is 52.3 Å². The molecule has 0 radical (unpaired) electrons. The van der Waals surface area contributed by atoms with E-state index in [4.69, 9.17) is 23.2 Å². The average molecular weight is 530 g/mol. The minimum absolute atomic E-state index is 0.0397. The van der Waals surface area contributed by atoms with E-state index in [0.29, 0.717) is 21.2 Å². The minimum atomic E-state index is -1.50. The van der Waals surface area contributed by atoms with Crippen LogP contribution in [0.1, 0.15) is 58.5 Å². The second-order valence-electron chi connectivity index (χ2n) is 11.1. The van der Waals surface area contributed by atoms with Gasteiger partial charge in [-0.2, -0.15) is 0 Å². The van der Waals surface area contributed by atoms with E-state index in [1.165, 1.54) is 0 Å². The molecule has 0 aromatic heterocycles. The Hall–Kier alpha value is -3.21. The number of rotatable bonds is 2. The number of nitrogens with zero attached hydrogens (tertiary/aromatic N) is 1. The van der Waals surface area contributed by atoms with Crippen molar-refractivity contribution in [3.05, 3.63) is 105 Å². The molecule has 3 aromatic rings. The van der Waals surface area contributed by atoms with Gasteiger partial charge in [0.05, 0.1) is 12.1 Å². The maximum atomic E-state index is 14.5. The fourth-order valence-corrected chi connectivity index (χ4v) is 6.74. The molecule has 6 rings (SSSR count). The van der Waals surface area contributed by atoms with E-state index in [1.807, 2.05) is 62.1 Å². The van der Waals surface area contributed by atoms with Gasteiger partial charge in [-0.25, -0.2) is 0 Å². The predicted molar refractivity (Wildman–Crippen MR) is 147 cm³/mol. The van der Waals surface area contributed by atoms with Crippen molar-refractivity contribution in [3.63, 3.8) is 0 Å². The second-order valence-corrected chi connectivity index (χ2v) is 11.9. The fourth-order valence-electron chi connectivity index (χ4n) is 6.43. The van der Waals surface area contributed by atoms with E-state index in [0.717, 1.165) is 16.8 Å². The van der Waals surface area contributed by atoms with Crippen LogP contribution in [0.15, 0.2) is 72.8 Å². The first-order valence-electron chi connectivity index (χ1n) is 12.3. The van der Waals surface area contributed by atoms with Gasteiger partial charge >= 0.3 is 0 Å². The van der Waals surface area contributed by atoms with Crippen LogP contribution < -0.4 is 4.90 Å². The van der Waals surface area contributed by atoms with Crippen LogP contribution in [-0.2, 0) is 4.79 Å². The molecule has 0 saturated carbocycles. The van der Waals surface area contributed by atoms with Gasteiger partial charge in [-0.3, -0.25) is 14.4 Å². The van der Waals surface area contributed by atoms with Crippen LogP contribution in [0, 0.1) is 10.8 Å². The molecule has 6 heteroatoms. The predicted octanol–water partition coefficient (Wildman–Crippen LogP) is 7.04. The highest BCUT2D eigenvalue weighted by molar-refractivity contribution is 6.33. The summed E-state index contributed by atoms with van der Waals surface area (Å²) in [5.41, 5.74) is 0.953. The van der Waals surface area contributed by atoms with Gasteiger partial charge in [0.2, 0.25) is 0 Å². The average Bonchev–Trinajstić information content (AvgIpc) is 3.29. The third-order valence-corrected chi connectivity index (χ3v) is 8.49. The van der Waals surface area contributed by atoms with Crippen molar-refractivity contribution in [2.75, 3.05) is 4.90 Å². The summed E-state index contributed by atoms with van der Waals surface area (Å²) in [4.78, 5) is 45.3. The lowest BCUT2D eigenvalue weighted by atomic mass is 9.63. The van der Waals surface area contributed by atoms with E-state index >= 15 is 0 Å². The van der Waals surface area contributed by atoms with Crippen LogP contribution in [0.3, 0.4) is 0 Å². The van der Waals surface area contributed by atoms with E-state index in [9.17, 15) is 14.4 Å². The number of carbonyl (C=O) groups excluding carboxylic acids is 3. The largest absolute Gasteiger partial charge is 0.352 e. The number of halogens is 2. The Balaban J connectivity index is 1.70. The zero-order chi connectivity index (χ0) is 26.3. The number of hydrogen-bond acceptors (Lipinski definition) is 4. The lowest BCUT2D eigenvalue weighted by molar-refractivity contribution is -0.127. The monoisotopic (exact) mass is 529 g/mol. The van der Waals surface area contributed by atoms with Gasteiger partial charge in [-0.1, -0.05) is 92.5 Å². The first kappa shape index (κ1) is 24.1. The molecule has 1 saturated heterocycles. The lowest BCUT2D eigenvalue weighted by Crippen LogP contribution is -2.49. The molecule has 3 atom stereocenters. The number of Topliss-reactive ketones (excluding diaryl/α,β-unsaturated/α-hetero) is 3. The van der Waals surface area contributed by atoms with Gasteiger partial charge in [-0.15, -0.1) is 0 Å². The Labute approximate surface area is 225 Å². The highest BCUT2D eigenvalue weighted by atomic mass is 35.5. The Bertz CT molecular complexity index is 1480. The molecule has 37 heavy (non-hydrogen) atoms. The van der Waals surface area contributed by atoms with Crippen molar-refractivity contribution in [3.8, 4) is 0 Å². The zero-order valence-electron chi connectivity index (χ0n) is 20.7. The fraction of sp³-hybridized carbons (Fsp3) is 0.258. The third kappa shape index (κ3) is 3.25. The van der Waals surface area contributed by atoms with Crippen molar-refractivity contribution < 1.29 is 14.4 Å². The lowest BCUT2D eigenvalue weighted by Gasteiger charge is -2.38. The standard InChI is InChI=1S/C31H25Cl2NO3/c1-30(2,3)29(37)26-25(17-8-11-19(32)12-9-17)31(27(35)21-6-4-5-7-22(21)28(31)36)24-15-10-18-16-20(33)13-14-23(18)34(24)26/h4-16,24-26H,1-3H3. The highest BCUT2D eigenvalue weighted by Gasteiger charge is 2.71. The van der Waals surface area contributed by atoms with Crippen molar-refractivity contribution in [1.29, 1.82) is 0 Å². The maximum Gasteiger partial charge on any atom is 0.180 e. The summed E-state index contributed by atoms with van der Waals surface area (Å²) in [5.74, 6) is -1.24. The summed E-state index contributed by atoms with van der Waals surface area (Å²) in [6.45, 7) is 5.64. The summed E-state index contributed by atoms with van der Waals surface area (Å²) >= 11 is 12.6. The Kier molecular flexibility index (Phi) is 5.31. The summed E-state index contributed by atoms with van der Waals surface area (Å²) in [7, 11) is 0. The zero-order valence-corrected chi connectivity index (χ0v) is 22.2. The molecule has 3 unspecified atom stereocenters. The summed E-state index contributed by atoms with van der Waals surface area (Å²) in [6.07, 6.45) is 3.82. The second kappa shape index (κ2) is 8.14. The van der Waals surface area contributed by atoms with Gasteiger partial charge < -0.3 is 4.90 Å². The van der Waals surface area contributed by atoms with Crippen LogP contribution >= 0.6 is 23.2 Å². The number of ketones is 3. The molecule has 0 bridgehead atoms. The quantitative estimate of drug-likeness (QED) is 0.334. The van der Waals surface area contributed by atoms with Crippen LogP contribution in [0.4, 0.5) is 5.69 Å². The van der Waals surface area contributed by atoms with Gasteiger partial charge in [0.1, 0.15) is 5.41 Å². The smallest absolute Gasteiger partial charge is 0.180 e. The van der Waals surface area contributed by atoms with Gasteiger partial charge in [0.25, 0.3) is 0 Å². The first-order chi connectivity index (χ1) is 17.6. The normalized spacial score (nSPS) is 23.3. The molecular formula is C31H25Cl2NO3. The van der Waals surface area contributed by atoms with Crippen LogP contribution in [0.5, 0.6) is 0 Å². The number of fused-ring (bicyclic) bond motifs is 5. The highest BCUT2D eigenvalue weighted by Crippen LogP contribution is 2.61. The number of benzene rings is 3. The number of hydrogen-bond donors (Lipinski definition) is 0. The molecular weight excluding hydrogens is 505 g/mol. The topological polar surface area (TPSA) is 54.5 Å². The molecule has 3 aromatic carbocycles. The van der Waals surface area contributed by atoms with Crippen LogP contribution in [-0.4, -0.2) is 29.4 Å². The van der Waals surface area contributed by atoms with Crippen LogP contribution in [0.2, 0.25) is 10.0 Å². The molecule has 0 N–H and O–H groups in total. The minimum Gasteiger partial charge on any atom is -0.352 e. The van der Waals surface area contributed by atoms with Crippen molar-refractivity contribution in [2.24, 2.45) is 10.8 Å². The molecule has 1 fully saturated rings. The molecule has 3 aliphatic rings. The molecule has 4 nitrogen and oxygen atoms in total. The van der Waals surface area contributed by atoms with E-state index < -0.39 is 28.8 Å². The van der Waals surface area contributed by atoms with Crippen molar-refractivity contribution in [2.45, 2.75) is 38.8 Å². The molecule has 0 amide bonds. The van der Waals surface area contributed by atoms with E-state index in [-0.39, 0.29) is 17.3 Å². The first-order valence-corrected chi connectivity index (χ1v) is 13.1. The van der Waals surface area contributed by atoms with E-state index in [1.54, 1.807) is 42.5 Å². The Morgan fingerprint density at radius 1 is 0.865 bits per heavy atom. The van der Waals surface area contributed by atoms with Gasteiger partial charge in [0.15, 0.2) is 17.3 Å². The van der Waals surface area contributed by atoms with Gasteiger partial charge in [0, 0.05) is 38.2 Å². The summed E-state index contributed by atoms with van der Waals surface area (Å²) in [5, 5.41) is 1.11. The van der Waals surface area contributed by atoms with Gasteiger partial charge in [-0.05, 0) is 41.5 Å². The van der Waals surface area contributed by atoms with E-state index in [2.05, 4.69) is 0 Å². The molecule has 186 valence electrons. The maximum absolute atomic E-state index is 14.5. The Morgan fingerprint density at radius 2 is 1.46 bits per heavy atom. The SMILES string of the molecule is CC(C)(C)C(=O)C1C(c2ccc(Cl)cc2)C2(C(=O)c3ccccc3C2=O)C2C=Cc3cc(Cl)ccc3N12. The number of carbonyl (C=O) groups is 3.